The minimum atomic E-state index is -1.06. The number of aromatic nitrogens is 3. The lowest BCUT2D eigenvalue weighted by Crippen LogP contribution is -2.34. The van der Waals surface area contributed by atoms with Crippen LogP contribution in [0.1, 0.15) is 16.9 Å². The Kier molecular flexibility index (Phi) is 3.74. The molecule has 0 bridgehead atoms. The summed E-state index contributed by atoms with van der Waals surface area (Å²) in [6.07, 6.45) is 1.53. The molecular formula is C10H13N5O4. The lowest BCUT2D eigenvalue weighted by atomic mass is 10.3. The van der Waals surface area contributed by atoms with E-state index in [2.05, 4.69) is 15.6 Å². The monoisotopic (exact) mass is 267 g/mol. The number of aliphatic carboxylic acids is 1. The second-order valence-corrected chi connectivity index (χ2v) is 4.09. The Hall–Kier alpha value is -2.45. The van der Waals surface area contributed by atoms with E-state index in [0.29, 0.717) is 19.6 Å². The highest BCUT2D eigenvalue weighted by atomic mass is 16.4. The maximum absolute atomic E-state index is 12.1. The number of rotatable bonds is 3. The summed E-state index contributed by atoms with van der Waals surface area (Å²) in [7, 11) is 0. The minimum absolute atomic E-state index is 0.0793. The fourth-order valence-corrected chi connectivity index (χ4v) is 1.74. The molecule has 0 aliphatic carbocycles. The van der Waals surface area contributed by atoms with Gasteiger partial charge in [0.15, 0.2) is 5.69 Å². The quantitative estimate of drug-likeness (QED) is 0.675. The van der Waals surface area contributed by atoms with Gasteiger partial charge in [0, 0.05) is 26.1 Å². The minimum Gasteiger partial charge on any atom is -0.480 e. The summed E-state index contributed by atoms with van der Waals surface area (Å²) >= 11 is 0. The van der Waals surface area contributed by atoms with Gasteiger partial charge in [0.25, 0.3) is 5.91 Å². The fraction of sp³-hybridized carbons (Fsp3) is 0.500. The van der Waals surface area contributed by atoms with E-state index in [1.165, 1.54) is 11.1 Å². The number of hydrogen-bond donors (Lipinski definition) is 2. The highest BCUT2D eigenvalue weighted by Gasteiger charge is 2.22. The molecule has 1 aromatic rings. The van der Waals surface area contributed by atoms with Crippen LogP contribution < -0.4 is 5.32 Å². The normalized spacial score (nSPS) is 15.8. The van der Waals surface area contributed by atoms with E-state index < -0.39 is 5.97 Å². The topological polar surface area (TPSA) is 117 Å². The standard InChI is InChI=1S/C10H13N5O4/c16-8-1-3-14(4-2-11-8)10(19)7-5-15(13-12-7)6-9(17)18/h5H,1-4,6H2,(H,11,16)(H,17,18). The second-order valence-electron chi connectivity index (χ2n) is 4.09. The van der Waals surface area contributed by atoms with Gasteiger partial charge in [-0.3, -0.25) is 14.4 Å². The van der Waals surface area contributed by atoms with Crippen molar-refractivity contribution in [3.63, 3.8) is 0 Å². The molecule has 102 valence electrons. The van der Waals surface area contributed by atoms with Crippen molar-refractivity contribution in [1.29, 1.82) is 0 Å². The van der Waals surface area contributed by atoms with Crippen LogP contribution in [0, 0.1) is 0 Å². The summed E-state index contributed by atoms with van der Waals surface area (Å²) in [6, 6.07) is 0. The lowest BCUT2D eigenvalue weighted by Gasteiger charge is -2.17. The molecule has 1 aliphatic rings. The molecule has 9 heteroatoms. The van der Waals surface area contributed by atoms with Crippen molar-refractivity contribution in [3.8, 4) is 0 Å². The van der Waals surface area contributed by atoms with Crippen LogP contribution in [0.2, 0.25) is 0 Å². The molecule has 2 N–H and O–H groups in total. The van der Waals surface area contributed by atoms with Gasteiger partial charge in [0.1, 0.15) is 6.54 Å². The average Bonchev–Trinajstić information content (AvgIpc) is 2.69. The number of nitrogens with zero attached hydrogens (tertiary/aromatic N) is 4. The molecule has 2 amide bonds. The van der Waals surface area contributed by atoms with E-state index in [1.54, 1.807) is 0 Å². The van der Waals surface area contributed by atoms with Crippen LogP contribution in [-0.2, 0) is 16.1 Å². The van der Waals surface area contributed by atoms with Crippen LogP contribution >= 0.6 is 0 Å². The Morgan fingerprint density at radius 3 is 2.95 bits per heavy atom. The van der Waals surface area contributed by atoms with Crippen LogP contribution in [0.25, 0.3) is 0 Å². The molecule has 1 saturated heterocycles. The first kappa shape index (κ1) is 13.0. The van der Waals surface area contributed by atoms with Crippen LogP contribution in [0.3, 0.4) is 0 Å². The van der Waals surface area contributed by atoms with Gasteiger partial charge >= 0.3 is 5.97 Å². The van der Waals surface area contributed by atoms with E-state index in [9.17, 15) is 14.4 Å². The Bertz CT molecular complexity index is 512. The van der Waals surface area contributed by atoms with Crippen molar-refractivity contribution in [3.05, 3.63) is 11.9 Å². The average molecular weight is 267 g/mol. The van der Waals surface area contributed by atoms with Crippen molar-refractivity contribution in [2.24, 2.45) is 0 Å². The van der Waals surface area contributed by atoms with Crippen molar-refractivity contribution in [2.75, 3.05) is 19.6 Å². The number of nitrogens with one attached hydrogen (secondary N) is 1. The largest absolute Gasteiger partial charge is 0.480 e. The van der Waals surface area contributed by atoms with Crippen molar-refractivity contribution >= 4 is 17.8 Å². The molecule has 0 saturated carbocycles. The molecule has 1 aromatic heterocycles. The number of carbonyl (C=O) groups is 3. The first-order valence-electron chi connectivity index (χ1n) is 5.74. The maximum Gasteiger partial charge on any atom is 0.325 e. The summed E-state index contributed by atoms with van der Waals surface area (Å²) in [6.45, 7) is 0.765. The van der Waals surface area contributed by atoms with Crippen LogP contribution in [0.4, 0.5) is 0 Å². The van der Waals surface area contributed by atoms with Crippen LogP contribution in [0.5, 0.6) is 0 Å². The molecule has 0 radical (unpaired) electrons. The van der Waals surface area contributed by atoms with Crippen molar-refractivity contribution in [1.82, 2.24) is 25.2 Å². The molecule has 1 fully saturated rings. The number of hydrogen-bond acceptors (Lipinski definition) is 5. The summed E-state index contributed by atoms with van der Waals surface area (Å²) in [5, 5.41) is 18.5. The Labute approximate surface area is 108 Å². The second kappa shape index (κ2) is 5.46. The molecule has 9 nitrogen and oxygen atoms in total. The molecule has 1 aliphatic heterocycles. The SMILES string of the molecule is O=C(O)Cn1cc(C(=O)N2CCNC(=O)CC2)nn1. The number of carbonyl (C=O) groups excluding carboxylic acids is 2. The van der Waals surface area contributed by atoms with E-state index >= 15 is 0 Å². The van der Waals surface area contributed by atoms with Gasteiger partial charge in [-0.15, -0.1) is 5.10 Å². The first-order chi connectivity index (χ1) is 9.06. The van der Waals surface area contributed by atoms with Gasteiger partial charge in [-0.05, 0) is 0 Å². The Morgan fingerprint density at radius 2 is 2.21 bits per heavy atom. The van der Waals surface area contributed by atoms with Gasteiger partial charge in [-0.25, -0.2) is 4.68 Å². The zero-order valence-corrected chi connectivity index (χ0v) is 10.1. The van der Waals surface area contributed by atoms with Crippen molar-refractivity contribution < 1.29 is 19.5 Å². The van der Waals surface area contributed by atoms with Crippen LogP contribution in [-0.4, -0.2) is 62.4 Å². The third-order valence-corrected chi connectivity index (χ3v) is 2.65. The van der Waals surface area contributed by atoms with E-state index in [4.69, 9.17) is 5.11 Å². The van der Waals surface area contributed by atoms with Gasteiger partial charge in [-0.1, -0.05) is 5.21 Å². The Balaban J connectivity index is 2.04. The third kappa shape index (κ3) is 3.27. The first-order valence-corrected chi connectivity index (χ1v) is 5.74. The smallest absolute Gasteiger partial charge is 0.325 e. The Morgan fingerprint density at radius 1 is 1.42 bits per heavy atom. The number of carboxylic acid groups (broad SMARTS) is 1. The number of carboxylic acids is 1. The summed E-state index contributed by atoms with van der Waals surface area (Å²) in [5.74, 6) is -1.51. The van der Waals surface area contributed by atoms with Gasteiger partial charge in [-0.2, -0.15) is 0 Å². The molecule has 2 heterocycles. The summed E-state index contributed by atoms with van der Waals surface area (Å²) < 4.78 is 1.08. The molecule has 0 aromatic carbocycles. The third-order valence-electron chi connectivity index (χ3n) is 2.65. The van der Waals surface area contributed by atoms with Crippen LogP contribution in [0.15, 0.2) is 6.20 Å². The molecule has 0 unspecified atom stereocenters. The van der Waals surface area contributed by atoms with E-state index in [-0.39, 0.29) is 30.5 Å². The zero-order valence-electron chi connectivity index (χ0n) is 10.1. The highest BCUT2D eigenvalue weighted by molar-refractivity contribution is 5.92. The molecule has 2 rings (SSSR count). The van der Waals surface area contributed by atoms with Gasteiger partial charge in [0.2, 0.25) is 5.91 Å². The van der Waals surface area contributed by atoms with E-state index in [1.807, 2.05) is 0 Å². The highest BCUT2D eigenvalue weighted by Crippen LogP contribution is 2.04. The van der Waals surface area contributed by atoms with Crippen molar-refractivity contribution in [2.45, 2.75) is 13.0 Å². The maximum atomic E-state index is 12.1. The lowest BCUT2D eigenvalue weighted by molar-refractivity contribution is -0.138. The predicted molar refractivity (Wildman–Crippen MR) is 61.2 cm³/mol. The zero-order chi connectivity index (χ0) is 13.8. The fourth-order valence-electron chi connectivity index (χ4n) is 1.74. The number of amides is 2. The molecule has 0 spiro atoms. The molecule has 19 heavy (non-hydrogen) atoms. The summed E-state index contributed by atoms with van der Waals surface area (Å²) in [5.41, 5.74) is 0.0793. The predicted octanol–water partition coefficient (Wildman–Crippen LogP) is -1.68. The van der Waals surface area contributed by atoms with Gasteiger partial charge < -0.3 is 15.3 Å². The molecule has 0 atom stereocenters. The molecular weight excluding hydrogens is 254 g/mol. The van der Waals surface area contributed by atoms with E-state index in [0.717, 1.165) is 4.68 Å². The van der Waals surface area contributed by atoms with Gasteiger partial charge in [0.05, 0.1) is 6.20 Å². The summed E-state index contributed by atoms with van der Waals surface area (Å²) in [4.78, 5) is 35.2.